The lowest BCUT2D eigenvalue weighted by atomic mass is 9.99. The van der Waals surface area contributed by atoms with Gasteiger partial charge in [-0.3, -0.25) is 0 Å². The van der Waals surface area contributed by atoms with Crippen LogP contribution >= 0.6 is 0 Å². The Morgan fingerprint density at radius 2 is 0.811 bits per heavy atom. The zero-order valence-electron chi connectivity index (χ0n) is 20.7. The third-order valence-corrected chi connectivity index (χ3v) is 6.68. The topological polar surface area (TPSA) is 47.6 Å². The van der Waals surface area contributed by atoms with Crippen LogP contribution in [0.5, 0.6) is 0 Å². The van der Waals surface area contributed by atoms with Crippen molar-refractivity contribution in [3.8, 4) is 34.4 Å². The number of unbranched alkanes of at least 4 members (excludes halogenated alkanes) is 4. The molecule has 4 rings (SSSR count). The van der Waals surface area contributed by atoms with Crippen molar-refractivity contribution < 1.29 is 8.78 Å². The van der Waals surface area contributed by atoms with Gasteiger partial charge in [-0.2, -0.15) is 10.5 Å². The Morgan fingerprint density at radius 1 is 0.459 bits per heavy atom. The first-order chi connectivity index (χ1) is 18.1. The summed E-state index contributed by atoms with van der Waals surface area (Å²) in [6.45, 7) is 0. The van der Waals surface area contributed by atoms with E-state index in [9.17, 15) is 8.78 Å². The molecule has 2 nitrogen and oxygen atoms in total. The van der Waals surface area contributed by atoms with Gasteiger partial charge in [-0.1, -0.05) is 79.9 Å². The number of hydrogen-bond acceptors (Lipinski definition) is 2. The van der Waals surface area contributed by atoms with E-state index in [1.807, 2.05) is 36.4 Å². The lowest BCUT2D eigenvalue weighted by molar-refractivity contribution is 0.613. The lowest BCUT2D eigenvalue weighted by Gasteiger charge is -2.07. The molecule has 4 aromatic carbocycles. The second-order valence-corrected chi connectivity index (χ2v) is 9.27. The molecule has 0 unspecified atom stereocenters. The molecule has 0 heterocycles. The van der Waals surface area contributed by atoms with Gasteiger partial charge in [0.15, 0.2) is 0 Å². The van der Waals surface area contributed by atoms with Gasteiger partial charge in [0.05, 0.1) is 11.1 Å². The summed E-state index contributed by atoms with van der Waals surface area (Å²) in [6, 6.07) is 29.6. The van der Waals surface area contributed by atoms with Gasteiger partial charge in [-0.15, -0.1) is 0 Å². The molecule has 0 N–H and O–H groups in total. The number of nitriles is 2. The quantitative estimate of drug-likeness (QED) is 0.209. The first kappa shape index (κ1) is 25.8. The molecular formula is C33H28F2N2. The SMILES string of the molecule is N#Cc1ccc(-c2ccc(CCCCCCCc3ccc(-c4ccc(C#N)c(F)c4)cc3)cc2)cc1F. The van der Waals surface area contributed by atoms with Crippen molar-refractivity contribution in [3.63, 3.8) is 0 Å². The Kier molecular flexibility index (Phi) is 8.79. The molecule has 0 saturated carbocycles. The Labute approximate surface area is 217 Å². The van der Waals surface area contributed by atoms with Crippen LogP contribution in [0.4, 0.5) is 8.78 Å². The molecule has 0 amide bonds. The molecule has 37 heavy (non-hydrogen) atoms. The van der Waals surface area contributed by atoms with E-state index in [1.54, 1.807) is 12.1 Å². The van der Waals surface area contributed by atoms with Crippen LogP contribution in [0.2, 0.25) is 0 Å². The average Bonchev–Trinajstić information content (AvgIpc) is 2.93. The van der Waals surface area contributed by atoms with Crippen molar-refractivity contribution in [3.05, 3.63) is 119 Å². The number of rotatable bonds is 10. The van der Waals surface area contributed by atoms with Gasteiger partial charge < -0.3 is 0 Å². The molecule has 0 aromatic heterocycles. The fraction of sp³-hybridized carbons (Fsp3) is 0.212. The summed E-state index contributed by atoms with van der Waals surface area (Å²) < 4.78 is 27.8. The minimum absolute atomic E-state index is 0.0655. The molecule has 0 aliphatic carbocycles. The van der Waals surface area contributed by atoms with Crippen LogP contribution in [-0.2, 0) is 12.8 Å². The highest BCUT2D eigenvalue weighted by Gasteiger charge is 2.06. The molecule has 0 spiro atoms. The van der Waals surface area contributed by atoms with E-state index < -0.39 is 11.6 Å². The van der Waals surface area contributed by atoms with E-state index >= 15 is 0 Å². The normalized spacial score (nSPS) is 10.6. The van der Waals surface area contributed by atoms with Crippen molar-refractivity contribution in [1.29, 1.82) is 10.5 Å². The van der Waals surface area contributed by atoms with Crippen molar-refractivity contribution in [1.82, 2.24) is 0 Å². The van der Waals surface area contributed by atoms with Gasteiger partial charge in [0.1, 0.15) is 23.8 Å². The maximum atomic E-state index is 13.9. The monoisotopic (exact) mass is 490 g/mol. The minimum Gasteiger partial charge on any atom is -0.206 e. The van der Waals surface area contributed by atoms with Gasteiger partial charge in [0, 0.05) is 0 Å². The minimum atomic E-state index is -0.485. The maximum Gasteiger partial charge on any atom is 0.141 e. The first-order valence-electron chi connectivity index (χ1n) is 12.7. The fourth-order valence-corrected chi connectivity index (χ4v) is 4.49. The van der Waals surface area contributed by atoms with Crippen LogP contribution in [-0.4, -0.2) is 0 Å². The second kappa shape index (κ2) is 12.6. The third-order valence-electron chi connectivity index (χ3n) is 6.68. The predicted molar refractivity (Wildman–Crippen MR) is 144 cm³/mol. The highest BCUT2D eigenvalue weighted by Crippen LogP contribution is 2.24. The molecule has 0 saturated heterocycles. The Hall–Kier alpha value is -4.28. The maximum absolute atomic E-state index is 13.9. The summed E-state index contributed by atoms with van der Waals surface area (Å²) in [4.78, 5) is 0. The van der Waals surface area contributed by atoms with Crippen LogP contribution in [0.15, 0.2) is 84.9 Å². The molecule has 0 fully saturated rings. The molecule has 0 radical (unpaired) electrons. The van der Waals surface area contributed by atoms with Crippen molar-refractivity contribution in [2.75, 3.05) is 0 Å². The van der Waals surface area contributed by atoms with Gasteiger partial charge in [-0.25, -0.2) is 8.78 Å². The fourth-order valence-electron chi connectivity index (χ4n) is 4.49. The molecule has 184 valence electrons. The van der Waals surface area contributed by atoms with Crippen LogP contribution < -0.4 is 0 Å². The number of nitrogens with zero attached hydrogens (tertiary/aromatic N) is 2. The Morgan fingerprint density at radius 3 is 1.16 bits per heavy atom. The highest BCUT2D eigenvalue weighted by atomic mass is 19.1. The van der Waals surface area contributed by atoms with Gasteiger partial charge in [0.25, 0.3) is 0 Å². The summed E-state index contributed by atoms with van der Waals surface area (Å²) >= 11 is 0. The molecule has 4 heteroatoms. The largest absolute Gasteiger partial charge is 0.206 e. The van der Waals surface area contributed by atoms with Gasteiger partial charge in [0.2, 0.25) is 0 Å². The predicted octanol–water partition coefficient (Wildman–Crippen LogP) is 8.78. The van der Waals surface area contributed by atoms with E-state index in [1.165, 1.54) is 54.7 Å². The van der Waals surface area contributed by atoms with Crippen LogP contribution in [0, 0.1) is 34.3 Å². The zero-order valence-corrected chi connectivity index (χ0v) is 20.7. The summed E-state index contributed by atoms with van der Waals surface area (Å²) in [6.07, 6.45) is 7.91. The van der Waals surface area contributed by atoms with Crippen molar-refractivity contribution >= 4 is 0 Å². The Bertz CT molecular complexity index is 1310. The molecule has 0 aliphatic heterocycles. The highest BCUT2D eigenvalue weighted by molar-refractivity contribution is 5.65. The number of aryl methyl sites for hydroxylation is 2. The number of hydrogen-bond donors (Lipinski definition) is 0. The van der Waals surface area contributed by atoms with Crippen LogP contribution in [0.25, 0.3) is 22.3 Å². The van der Waals surface area contributed by atoms with E-state index in [-0.39, 0.29) is 11.1 Å². The Balaban J connectivity index is 1.15. The summed E-state index contributed by atoms with van der Waals surface area (Å²) in [5.41, 5.74) is 6.14. The zero-order chi connectivity index (χ0) is 26.0. The second-order valence-electron chi connectivity index (χ2n) is 9.27. The standard InChI is InChI=1S/C33H28F2N2/c34-32-20-28(16-18-30(32)22-36)26-12-8-24(9-13-26)6-4-2-1-3-5-7-25-10-14-27(15-11-25)29-17-19-31(23-37)33(35)21-29/h8-21H,1-7H2. The van der Waals surface area contributed by atoms with Gasteiger partial charge in [-0.05, 0) is 83.3 Å². The lowest BCUT2D eigenvalue weighted by Crippen LogP contribution is -1.90. The smallest absolute Gasteiger partial charge is 0.141 e. The summed E-state index contributed by atoms with van der Waals surface area (Å²) in [7, 11) is 0. The summed E-state index contributed by atoms with van der Waals surface area (Å²) in [5, 5.41) is 17.8. The molecule has 0 aliphatic rings. The molecule has 0 atom stereocenters. The molecular weight excluding hydrogens is 462 g/mol. The van der Waals surface area contributed by atoms with Crippen molar-refractivity contribution in [2.24, 2.45) is 0 Å². The van der Waals surface area contributed by atoms with Crippen LogP contribution in [0.3, 0.4) is 0 Å². The van der Waals surface area contributed by atoms with Crippen LogP contribution in [0.1, 0.15) is 54.4 Å². The van der Waals surface area contributed by atoms with E-state index in [0.717, 1.165) is 47.9 Å². The number of benzene rings is 4. The van der Waals surface area contributed by atoms with E-state index in [0.29, 0.717) is 0 Å². The van der Waals surface area contributed by atoms with E-state index in [2.05, 4.69) is 24.3 Å². The summed E-state index contributed by atoms with van der Waals surface area (Å²) in [5.74, 6) is -0.971. The average molecular weight is 491 g/mol. The van der Waals surface area contributed by atoms with Crippen molar-refractivity contribution in [2.45, 2.75) is 44.9 Å². The van der Waals surface area contributed by atoms with Gasteiger partial charge >= 0.3 is 0 Å². The third kappa shape index (κ3) is 6.90. The van der Waals surface area contributed by atoms with E-state index in [4.69, 9.17) is 10.5 Å². The number of halogens is 2. The first-order valence-corrected chi connectivity index (χ1v) is 12.7. The molecule has 4 aromatic rings. The molecule has 0 bridgehead atoms.